The fourth-order valence-corrected chi connectivity index (χ4v) is 7.65. The van der Waals surface area contributed by atoms with Crippen molar-refractivity contribution >= 4 is 33.0 Å². The van der Waals surface area contributed by atoms with Crippen LogP contribution in [0.5, 0.6) is 0 Å². The molecule has 0 amide bonds. The zero-order valence-electron chi connectivity index (χ0n) is 13.7. The third kappa shape index (κ3) is 3.19. The van der Waals surface area contributed by atoms with Crippen molar-refractivity contribution in [2.75, 3.05) is 14.2 Å². The molecule has 23 heavy (non-hydrogen) atoms. The van der Waals surface area contributed by atoms with E-state index < -0.39 is 18.9 Å². The first-order valence-electron chi connectivity index (χ1n) is 7.33. The van der Waals surface area contributed by atoms with Crippen LogP contribution in [0.4, 0.5) is 0 Å². The van der Waals surface area contributed by atoms with Crippen LogP contribution in [0.15, 0.2) is 40.4 Å². The minimum absolute atomic E-state index is 0.209. The average Bonchev–Trinajstić information content (AvgIpc) is 2.81. The molecule has 5 nitrogen and oxygen atoms in total. The van der Waals surface area contributed by atoms with E-state index in [1.165, 1.54) is 14.2 Å². The van der Waals surface area contributed by atoms with Gasteiger partial charge in [0.2, 0.25) is 0 Å². The van der Waals surface area contributed by atoms with Crippen LogP contribution in [0.1, 0.15) is 26.7 Å². The molecule has 1 unspecified atom stereocenters. The van der Waals surface area contributed by atoms with Gasteiger partial charge in [-0.2, -0.15) is 0 Å². The van der Waals surface area contributed by atoms with Gasteiger partial charge in [-0.05, 0) is 0 Å². The van der Waals surface area contributed by atoms with Crippen LogP contribution >= 0.6 is 7.60 Å². The Kier molecular flexibility index (Phi) is 5.88. The molecule has 1 aliphatic heterocycles. The van der Waals surface area contributed by atoms with E-state index in [1.807, 2.05) is 37.3 Å². The second kappa shape index (κ2) is 7.33. The molecular formula is C16H21O5PSe. The third-order valence-corrected chi connectivity index (χ3v) is 9.29. The van der Waals surface area contributed by atoms with Crippen molar-refractivity contribution in [1.82, 2.24) is 0 Å². The molecule has 1 aromatic carbocycles. The van der Waals surface area contributed by atoms with Crippen molar-refractivity contribution in [3.63, 3.8) is 0 Å². The van der Waals surface area contributed by atoms with E-state index in [2.05, 4.69) is 0 Å². The molecule has 0 spiro atoms. The quantitative estimate of drug-likeness (QED) is 0.398. The van der Waals surface area contributed by atoms with Crippen molar-refractivity contribution in [3.8, 4) is 0 Å². The van der Waals surface area contributed by atoms with Crippen LogP contribution < -0.4 is 4.46 Å². The van der Waals surface area contributed by atoms with Crippen LogP contribution in [-0.4, -0.2) is 40.5 Å². The summed E-state index contributed by atoms with van der Waals surface area (Å²) in [4.78, 5) is 12.2. The fourth-order valence-electron chi connectivity index (χ4n) is 2.61. The third-order valence-electron chi connectivity index (χ3n) is 3.74. The summed E-state index contributed by atoms with van der Waals surface area (Å²) in [5, 5.41) is -1.32. The average molecular weight is 403 g/mol. The first kappa shape index (κ1) is 18.4. The number of carbonyl (C=O) groups excluding carboxylic acids is 1. The second-order valence-electron chi connectivity index (χ2n) is 5.16. The molecular weight excluding hydrogens is 382 g/mol. The standard InChI is InChI=1S/C16H21O5PSe/c1-5-11-16(22(18,19-3)20-4)14(12(2)15(17)21-16)23-13-9-7-6-8-10-13/h6-10H,5,11H2,1-4H3. The van der Waals surface area contributed by atoms with Crippen LogP contribution in [0.25, 0.3) is 0 Å². The Hall–Kier alpha value is -0.901. The maximum atomic E-state index is 13.2. The van der Waals surface area contributed by atoms with Gasteiger partial charge in [0.25, 0.3) is 0 Å². The van der Waals surface area contributed by atoms with Gasteiger partial charge in [-0.1, -0.05) is 0 Å². The van der Waals surface area contributed by atoms with Gasteiger partial charge in [0.15, 0.2) is 0 Å². The number of carbonyl (C=O) groups is 1. The molecule has 7 heteroatoms. The molecule has 0 N–H and O–H groups in total. The zero-order valence-corrected chi connectivity index (χ0v) is 16.3. The first-order valence-corrected chi connectivity index (χ1v) is 10.6. The second-order valence-corrected chi connectivity index (χ2v) is 9.88. The van der Waals surface area contributed by atoms with E-state index in [4.69, 9.17) is 13.8 Å². The van der Waals surface area contributed by atoms with Gasteiger partial charge in [-0.25, -0.2) is 0 Å². The number of hydrogen-bond donors (Lipinski definition) is 0. The number of rotatable bonds is 7. The maximum absolute atomic E-state index is 13.2. The number of benzene rings is 1. The van der Waals surface area contributed by atoms with Crippen LogP contribution in [0.3, 0.4) is 0 Å². The molecule has 0 saturated carbocycles. The Balaban J connectivity index is 2.56. The predicted octanol–water partition coefficient (Wildman–Crippen LogP) is 2.83. The zero-order chi connectivity index (χ0) is 17.1. The molecule has 1 aliphatic rings. The first-order chi connectivity index (χ1) is 10.9. The molecule has 0 radical (unpaired) electrons. The van der Waals surface area contributed by atoms with Gasteiger partial charge in [-0.15, -0.1) is 0 Å². The van der Waals surface area contributed by atoms with E-state index in [9.17, 15) is 9.36 Å². The molecule has 0 fully saturated rings. The van der Waals surface area contributed by atoms with Crippen LogP contribution in [0, 0.1) is 0 Å². The van der Waals surface area contributed by atoms with Crippen molar-refractivity contribution in [1.29, 1.82) is 0 Å². The van der Waals surface area contributed by atoms with Crippen molar-refractivity contribution in [3.05, 3.63) is 40.4 Å². The molecule has 1 aromatic rings. The normalized spacial score (nSPS) is 21.7. The molecule has 1 heterocycles. The Morgan fingerprint density at radius 1 is 1.22 bits per heavy atom. The van der Waals surface area contributed by atoms with Crippen LogP contribution in [-0.2, 0) is 23.1 Å². The SMILES string of the molecule is CCCC1(P(=O)(OC)OC)OC(=O)C(C)=C1[Se]c1ccccc1. The topological polar surface area (TPSA) is 61.8 Å². The monoisotopic (exact) mass is 404 g/mol. The summed E-state index contributed by atoms with van der Waals surface area (Å²) in [5.41, 5.74) is 0.511. The number of hydrogen-bond acceptors (Lipinski definition) is 5. The summed E-state index contributed by atoms with van der Waals surface area (Å²) in [6.45, 7) is 3.67. The van der Waals surface area contributed by atoms with E-state index in [0.717, 1.165) is 8.93 Å². The van der Waals surface area contributed by atoms with Crippen molar-refractivity contribution < 1.29 is 23.1 Å². The molecule has 126 valence electrons. The number of ether oxygens (including phenoxy) is 1. The Morgan fingerprint density at radius 2 is 1.83 bits per heavy atom. The molecule has 0 saturated heterocycles. The van der Waals surface area contributed by atoms with Gasteiger partial charge < -0.3 is 0 Å². The summed E-state index contributed by atoms with van der Waals surface area (Å²) >= 11 is -0.209. The Morgan fingerprint density at radius 3 is 2.35 bits per heavy atom. The number of esters is 1. The van der Waals surface area contributed by atoms with E-state index in [-0.39, 0.29) is 15.0 Å². The van der Waals surface area contributed by atoms with Crippen LogP contribution in [0.2, 0.25) is 0 Å². The summed E-state index contributed by atoms with van der Waals surface area (Å²) in [7, 11) is -0.970. The minimum atomic E-state index is -3.63. The molecule has 1 atom stereocenters. The predicted molar refractivity (Wildman–Crippen MR) is 89.9 cm³/mol. The summed E-state index contributed by atoms with van der Waals surface area (Å²) in [6, 6.07) is 9.80. The summed E-state index contributed by atoms with van der Waals surface area (Å²) in [5.74, 6) is -0.444. The Bertz CT molecular complexity index is 650. The molecule has 2 rings (SSSR count). The van der Waals surface area contributed by atoms with Gasteiger partial charge in [0, 0.05) is 0 Å². The summed E-state index contributed by atoms with van der Waals surface area (Å²) < 4.78 is 31.1. The van der Waals surface area contributed by atoms with E-state index in [0.29, 0.717) is 18.4 Å². The van der Waals surface area contributed by atoms with Gasteiger partial charge in [0.1, 0.15) is 0 Å². The van der Waals surface area contributed by atoms with Crippen molar-refractivity contribution in [2.24, 2.45) is 0 Å². The number of cyclic esters (lactones) is 1. The van der Waals surface area contributed by atoms with Gasteiger partial charge in [-0.3, -0.25) is 0 Å². The van der Waals surface area contributed by atoms with Gasteiger partial charge in [0.05, 0.1) is 0 Å². The van der Waals surface area contributed by atoms with Gasteiger partial charge >= 0.3 is 143 Å². The molecule has 0 aromatic heterocycles. The summed E-state index contributed by atoms with van der Waals surface area (Å²) in [6.07, 6.45) is 1.09. The van der Waals surface area contributed by atoms with Crippen molar-refractivity contribution in [2.45, 2.75) is 32.0 Å². The molecule has 0 aliphatic carbocycles. The van der Waals surface area contributed by atoms with E-state index in [1.54, 1.807) is 6.92 Å². The fraction of sp³-hybridized carbons (Fsp3) is 0.438. The van der Waals surface area contributed by atoms with E-state index >= 15 is 0 Å². The molecule has 0 bridgehead atoms. The Labute approximate surface area is 143 Å².